The van der Waals surface area contributed by atoms with Crippen molar-refractivity contribution in [3.8, 4) is 0 Å². The fourth-order valence-corrected chi connectivity index (χ4v) is 3.12. The number of amides is 1. The van der Waals surface area contributed by atoms with Crippen LogP contribution in [0.3, 0.4) is 0 Å². The van der Waals surface area contributed by atoms with E-state index in [2.05, 4.69) is 5.32 Å². The minimum Gasteiger partial charge on any atom is -0.396 e. The first-order valence-corrected chi connectivity index (χ1v) is 7.93. The fraction of sp³-hybridized carbons (Fsp3) is 0.562. The van der Waals surface area contributed by atoms with E-state index in [9.17, 15) is 9.18 Å². The van der Waals surface area contributed by atoms with E-state index in [0.29, 0.717) is 17.6 Å². The third kappa shape index (κ3) is 4.66. The van der Waals surface area contributed by atoms with Gasteiger partial charge in [0.25, 0.3) is 0 Å². The molecule has 0 spiro atoms. The van der Waals surface area contributed by atoms with Gasteiger partial charge in [-0.25, -0.2) is 4.39 Å². The number of rotatable bonds is 5. The number of nitrogens with zero attached hydrogens (tertiary/aromatic N) is 1. The Morgan fingerprint density at radius 3 is 2.68 bits per heavy atom. The molecule has 0 saturated heterocycles. The second-order valence-electron chi connectivity index (χ2n) is 5.94. The maximum absolute atomic E-state index is 13.0. The summed E-state index contributed by atoms with van der Waals surface area (Å²) in [5, 5.41) is 12.1. The van der Waals surface area contributed by atoms with Gasteiger partial charge >= 0.3 is 0 Å². The van der Waals surface area contributed by atoms with Gasteiger partial charge < -0.3 is 10.4 Å². The summed E-state index contributed by atoms with van der Waals surface area (Å²) in [6.45, 7) is 0.516. The number of hydrogen-bond donors (Lipinski definition) is 2. The van der Waals surface area contributed by atoms with E-state index in [0.717, 1.165) is 25.7 Å². The van der Waals surface area contributed by atoms with Gasteiger partial charge in [0.05, 0.1) is 17.3 Å². The first kappa shape index (κ1) is 17.2. The number of carbonyl (C=O) groups is 1. The van der Waals surface area contributed by atoms with Crippen LogP contribution in [0.4, 0.5) is 10.1 Å². The van der Waals surface area contributed by atoms with Crippen LogP contribution >= 0.6 is 11.6 Å². The van der Waals surface area contributed by atoms with Crippen LogP contribution in [0.2, 0.25) is 5.02 Å². The van der Waals surface area contributed by atoms with Crippen LogP contribution in [0.1, 0.15) is 25.7 Å². The molecule has 0 aliphatic heterocycles. The molecule has 4 nitrogen and oxygen atoms in total. The molecule has 1 aromatic rings. The molecule has 0 bridgehead atoms. The van der Waals surface area contributed by atoms with Crippen molar-refractivity contribution in [2.75, 3.05) is 25.5 Å². The molecule has 122 valence electrons. The molecule has 0 aromatic heterocycles. The van der Waals surface area contributed by atoms with Crippen LogP contribution in [0.5, 0.6) is 0 Å². The molecule has 0 heterocycles. The normalized spacial score (nSPS) is 21.9. The maximum Gasteiger partial charge on any atom is 0.238 e. The highest BCUT2D eigenvalue weighted by atomic mass is 35.5. The van der Waals surface area contributed by atoms with E-state index in [1.165, 1.54) is 18.2 Å². The van der Waals surface area contributed by atoms with Crippen molar-refractivity contribution in [3.63, 3.8) is 0 Å². The number of hydrogen-bond acceptors (Lipinski definition) is 3. The first-order chi connectivity index (χ1) is 10.5. The lowest BCUT2D eigenvalue weighted by molar-refractivity contribution is -0.117. The van der Waals surface area contributed by atoms with Gasteiger partial charge in [0.1, 0.15) is 5.82 Å². The highest BCUT2D eigenvalue weighted by Gasteiger charge is 2.24. The van der Waals surface area contributed by atoms with Crippen molar-refractivity contribution in [3.05, 3.63) is 29.0 Å². The summed E-state index contributed by atoms with van der Waals surface area (Å²) in [4.78, 5) is 14.1. The predicted octanol–water partition coefficient (Wildman–Crippen LogP) is 2.90. The standard InChI is InChI=1S/C16H22ClFN2O2/c1-20(13-5-2-11(10-21)3-6-13)9-16(22)19-15-7-4-12(18)8-14(15)17/h4,7-8,11,13,21H,2-3,5-6,9-10H2,1H3,(H,19,22). The molecular formula is C16H22ClFN2O2. The molecule has 1 aromatic carbocycles. The molecule has 1 fully saturated rings. The number of nitrogens with one attached hydrogen (secondary N) is 1. The summed E-state index contributed by atoms with van der Waals surface area (Å²) < 4.78 is 13.0. The van der Waals surface area contributed by atoms with Crippen molar-refractivity contribution in [2.24, 2.45) is 5.92 Å². The molecular weight excluding hydrogens is 307 g/mol. The lowest BCUT2D eigenvalue weighted by Gasteiger charge is -2.33. The Bertz CT molecular complexity index is 519. The summed E-state index contributed by atoms with van der Waals surface area (Å²) in [6, 6.07) is 4.26. The third-order valence-corrected chi connectivity index (χ3v) is 4.61. The van der Waals surface area contributed by atoms with Crippen molar-refractivity contribution in [1.29, 1.82) is 0 Å². The van der Waals surface area contributed by atoms with E-state index >= 15 is 0 Å². The second kappa shape index (κ2) is 7.90. The smallest absolute Gasteiger partial charge is 0.238 e. The minimum atomic E-state index is -0.430. The lowest BCUT2D eigenvalue weighted by Crippen LogP contribution is -2.40. The molecule has 1 saturated carbocycles. The second-order valence-corrected chi connectivity index (χ2v) is 6.35. The fourth-order valence-electron chi connectivity index (χ4n) is 2.90. The molecule has 22 heavy (non-hydrogen) atoms. The van der Waals surface area contributed by atoms with E-state index in [-0.39, 0.29) is 24.1 Å². The summed E-state index contributed by atoms with van der Waals surface area (Å²) >= 11 is 5.90. The molecule has 1 amide bonds. The zero-order valence-electron chi connectivity index (χ0n) is 12.7. The van der Waals surface area contributed by atoms with E-state index in [1.54, 1.807) is 0 Å². The first-order valence-electron chi connectivity index (χ1n) is 7.55. The Morgan fingerprint density at radius 2 is 2.09 bits per heavy atom. The van der Waals surface area contributed by atoms with Crippen molar-refractivity contribution < 1.29 is 14.3 Å². The summed E-state index contributed by atoms with van der Waals surface area (Å²) in [6.07, 6.45) is 3.98. The van der Waals surface area contributed by atoms with E-state index < -0.39 is 5.82 Å². The molecule has 1 aliphatic rings. The number of carbonyl (C=O) groups excluding carboxylic acids is 1. The number of aliphatic hydroxyl groups is 1. The Kier molecular flexibility index (Phi) is 6.17. The Balaban J connectivity index is 1.84. The lowest BCUT2D eigenvalue weighted by atomic mass is 9.86. The highest BCUT2D eigenvalue weighted by molar-refractivity contribution is 6.33. The highest BCUT2D eigenvalue weighted by Crippen LogP contribution is 2.27. The number of benzene rings is 1. The molecule has 2 rings (SSSR count). The number of likely N-dealkylation sites (N-methyl/N-ethyl adjacent to an activating group) is 1. The van der Waals surface area contributed by atoms with Crippen molar-refractivity contribution in [2.45, 2.75) is 31.7 Å². The molecule has 2 N–H and O–H groups in total. The Hall–Kier alpha value is -1.17. The van der Waals surface area contributed by atoms with Crippen LogP contribution in [-0.4, -0.2) is 42.2 Å². The van der Waals surface area contributed by atoms with Gasteiger partial charge in [0.15, 0.2) is 0 Å². The monoisotopic (exact) mass is 328 g/mol. The molecule has 0 atom stereocenters. The van der Waals surface area contributed by atoms with Crippen LogP contribution in [-0.2, 0) is 4.79 Å². The zero-order valence-corrected chi connectivity index (χ0v) is 13.4. The number of halogens is 2. The Morgan fingerprint density at radius 1 is 1.41 bits per heavy atom. The molecule has 1 aliphatic carbocycles. The van der Waals surface area contributed by atoms with Crippen LogP contribution in [0.15, 0.2) is 18.2 Å². The van der Waals surface area contributed by atoms with Gasteiger partial charge in [-0.15, -0.1) is 0 Å². The van der Waals surface area contributed by atoms with Crippen LogP contribution < -0.4 is 5.32 Å². The van der Waals surface area contributed by atoms with E-state index in [1.807, 2.05) is 11.9 Å². The summed E-state index contributed by atoms with van der Waals surface area (Å²) in [5.41, 5.74) is 0.422. The van der Waals surface area contributed by atoms with Gasteiger partial charge in [-0.1, -0.05) is 11.6 Å². The predicted molar refractivity (Wildman–Crippen MR) is 85.5 cm³/mol. The van der Waals surface area contributed by atoms with Gasteiger partial charge in [-0.3, -0.25) is 9.69 Å². The largest absolute Gasteiger partial charge is 0.396 e. The topological polar surface area (TPSA) is 52.6 Å². The van der Waals surface area contributed by atoms with Crippen LogP contribution in [0, 0.1) is 11.7 Å². The SMILES string of the molecule is CN(CC(=O)Nc1ccc(F)cc1Cl)C1CCC(CO)CC1. The molecule has 0 radical (unpaired) electrons. The van der Waals surface area contributed by atoms with Crippen molar-refractivity contribution in [1.82, 2.24) is 4.90 Å². The van der Waals surface area contributed by atoms with Crippen molar-refractivity contribution >= 4 is 23.2 Å². The maximum atomic E-state index is 13.0. The molecule has 6 heteroatoms. The van der Waals surface area contributed by atoms with Gasteiger partial charge in [0, 0.05) is 12.6 Å². The zero-order chi connectivity index (χ0) is 16.1. The third-order valence-electron chi connectivity index (χ3n) is 4.30. The summed E-state index contributed by atoms with van der Waals surface area (Å²) in [5.74, 6) is -0.197. The quantitative estimate of drug-likeness (QED) is 0.874. The van der Waals surface area contributed by atoms with E-state index in [4.69, 9.17) is 16.7 Å². The molecule has 0 unspecified atom stereocenters. The number of anilines is 1. The van der Waals surface area contributed by atoms with Gasteiger partial charge in [-0.05, 0) is 56.8 Å². The average Bonchev–Trinajstić information content (AvgIpc) is 2.50. The minimum absolute atomic E-state index is 0.166. The summed E-state index contributed by atoms with van der Waals surface area (Å²) in [7, 11) is 1.93. The average molecular weight is 329 g/mol. The number of aliphatic hydroxyl groups excluding tert-OH is 1. The Labute approximate surface area is 135 Å². The van der Waals surface area contributed by atoms with Gasteiger partial charge in [0.2, 0.25) is 5.91 Å². The van der Waals surface area contributed by atoms with Crippen LogP contribution in [0.25, 0.3) is 0 Å². The van der Waals surface area contributed by atoms with Gasteiger partial charge in [-0.2, -0.15) is 0 Å².